The zero-order valence-corrected chi connectivity index (χ0v) is 17.5. The average Bonchev–Trinajstić information content (AvgIpc) is 2.68. The summed E-state index contributed by atoms with van der Waals surface area (Å²) in [6, 6.07) is 13.1. The standard InChI is InChI=1S/C21H24ClFN2O2S/c1-3-24-21(27)15(2)25(12-16-8-4-6-10-18(16)22)20(26)14-28-13-17-9-5-7-11-19(17)23/h4-11,15H,3,12-14H2,1-2H3,(H,24,27)/t15-/m1/s1. The van der Waals surface area contributed by atoms with E-state index in [1.165, 1.54) is 22.7 Å². The Hall–Kier alpha value is -2.05. The number of thioether (sulfide) groups is 1. The largest absolute Gasteiger partial charge is 0.355 e. The molecule has 0 unspecified atom stereocenters. The zero-order chi connectivity index (χ0) is 20.5. The van der Waals surface area contributed by atoms with Crippen molar-refractivity contribution < 1.29 is 14.0 Å². The van der Waals surface area contributed by atoms with E-state index in [1.807, 2.05) is 25.1 Å². The second-order valence-electron chi connectivity index (χ2n) is 6.27. The molecule has 28 heavy (non-hydrogen) atoms. The van der Waals surface area contributed by atoms with Crippen molar-refractivity contribution in [2.75, 3.05) is 12.3 Å². The van der Waals surface area contributed by atoms with Gasteiger partial charge in [-0.25, -0.2) is 4.39 Å². The number of benzene rings is 2. The van der Waals surface area contributed by atoms with Gasteiger partial charge < -0.3 is 10.2 Å². The summed E-state index contributed by atoms with van der Waals surface area (Å²) in [5.74, 6) is -0.177. The van der Waals surface area contributed by atoms with Crippen molar-refractivity contribution in [3.8, 4) is 0 Å². The van der Waals surface area contributed by atoms with Crippen molar-refractivity contribution in [2.24, 2.45) is 0 Å². The molecular formula is C21H24ClFN2O2S. The van der Waals surface area contributed by atoms with Crippen molar-refractivity contribution in [3.05, 3.63) is 70.5 Å². The number of halogens is 2. The number of likely N-dealkylation sites (N-methyl/N-ethyl adjacent to an activating group) is 1. The summed E-state index contributed by atoms with van der Waals surface area (Å²) in [5, 5.41) is 3.29. The molecule has 0 saturated heterocycles. The fraction of sp³-hybridized carbons (Fsp3) is 0.333. The van der Waals surface area contributed by atoms with E-state index in [9.17, 15) is 14.0 Å². The molecule has 0 aliphatic heterocycles. The predicted octanol–water partition coefficient (Wildman–Crippen LogP) is 4.27. The molecule has 0 fully saturated rings. The van der Waals surface area contributed by atoms with Gasteiger partial charge in [0.05, 0.1) is 5.75 Å². The molecule has 2 aromatic rings. The molecule has 1 N–H and O–H groups in total. The van der Waals surface area contributed by atoms with E-state index in [-0.39, 0.29) is 29.9 Å². The Balaban J connectivity index is 2.08. The monoisotopic (exact) mass is 422 g/mol. The summed E-state index contributed by atoms with van der Waals surface area (Å²) in [5.41, 5.74) is 1.32. The van der Waals surface area contributed by atoms with Crippen LogP contribution in [0, 0.1) is 5.82 Å². The molecule has 0 heterocycles. The van der Waals surface area contributed by atoms with Crippen LogP contribution in [0.4, 0.5) is 4.39 Å². The highest BCUT2D eigenvalue weighted by Gasteiger charge is 2.26. The third kappa shape index (κ3) is 6.24. The lowest BCUT2D eigenvalue weighted by atomic mass is 10.1. The lowest BCUT2D eigenvalue weighted by Crippen LogP contribution is -2.48. The number of hydrogen-bond donors (Lipinski definition) is 1. The van der Waals surface area contributed by atoms with Gasteiger partial charge >= 0.3 is 0 Å². The maximum atomic E-state index is 13.7. The van der Waals surface area contributed by atoms with E-state index >= 15 is 0 Å². The molecular weight excluding hydrogens is 399 g/mol. The van der Waals surface area contributed by atoms with Gasteiger partial charge in [0, 0.05) is 23.9 Å². The maximum absolute atomic E-state index is 13.7. The summed E-state index contributed by atoms with van der Waals surface area (Å²) in [4.78, 5) is 26.7. The zero-order valence-electron chi connectivity index (χ0n) is 16.0. The summed E-state index contributed by atoms with van der Waals surface area (Å²) in [6.07, 6.45) is 0. The van der Waals surface area contributed by atoms with Crippen LogP contribution in [-0.2, 0) is 21.9 Å². The Labute approximate surface area is 174 Å². The van der Waals surface area contributed by atoms with Gasteiger partial charge in [-0.05, 0) is 37.1 Å². The number of hydrogen-bond acceptors (Lipinski definition) is 3. The molecule has 2 amide bonds. The van der Waals surface area contributed by atoms with Crippen molar-refractivity contribution in [3.63, 3.8) is 0 Å². The molecule has 4 nitrogen and oxygen atoms in total. The first-order valence-corrected chi connectivity index (χ1v) is 10.6. The van der Waals surface area contributed by atoms with Crippen LogP contribution in [0.25, 0.3) is 0 Å². The molecule has 150 valence electrons. The Morgan fingerprint density at radius 1 is 1.14 bits per heavy atom. The van der Waals surface area contributed by atoms with E-state index in [0.717, 1.165) is 5.56 Å². The maximum Gasteiger partial charge on any atom is 0.242 e. The molecule has 2 rings (SSSR count). The second-order valence-corrected chi connectivity index (χ2v) is 7.66. The summed E-state index contributed by atoms with van der Waals surface area (Å²) < 4.78 is 13.7. The molecule has 2 aromatic carbocycles. The van der Waals surface area contributed by atoms with Crippen LogP contribution < -0.4 is 5.32 Å². The van der Waals surface area contributed by atoms with Crippen molar-refractivity contribution >= 4 is 35.2 Å². The Morgan fingerprint density at radius 2 is 1.79 bits per heavy atom. The third-order valence-corrected chi connectivity index (χ3v) is 5.59. The van der Waals surface area contributed by atoms with E-state index in [2.05, 4.69) is 5.32 Å². The fourth-order valence-electron chi connectivity index (χ4n) is 2.66. The first kappa shape index (κ1) is 22.2. The quantitative estimate of drug-likeness (QED) is 0.656. The van der Waals surface area contributed by atoms with Gasteiger partial charge in [0.25, 0.3) is 0 Å². The normalized spacial score (nSPS) is 11.7. The van der Waals surface area contributed by atoms with E-state index < -0.39 is 6.04 Å². The van der Waals surface area contributed by atoms with Crippen LogP contribution in [0.15, 0.2) is 48.5 Å². The predicted molar refractivity (Wildman–Crippen MR) is 113 cm³/mol. The van der Waals surface area contributed by atoms with Gasteiger partial charge in [-0.2, -0.15) is 0 Å². The molecule has 1 atom stereocenters. The summed E-state index contributed by atoms with van der Waals surface area (Å²) >= 11 is 7.55. The lowest BCUT2D eigenvalue weighted by molar-refractivity contribution is -0.138. The highest BCUT2D eigenvalue weighted by molar-refractivity contribution is 7.99. The van der Waals surface area contributed by atoms with Gasteiger partial charge in [-0.3, -0.25) is 9.59 Å². The SMILES string of the molecule is CCNC(=O)[C@@H](C)N(Cc1ccccc1Cl)C(=O)CSCc1ccccc1F. The molecule has 0 saturated carbocycles. The number of carbonyl (C=O) groups excluding carboxylic acids is 2. The molecule has 0 spiro atoms. The second kappa shape index (κ2) is 11.1. The van der Waals surface area contributed by atoms with E-state index in [0.29, 0.717) is 22.9 Å². The average molecular weight is 423 g/mol. The third-order valence-electron chi connectivity index (χ3n) is 4.26. The fourth-order valence-corrected chi connectivity index (χ4v) is 3.75. The van der Waals surface area contributed by atoms with Crippen LogP contribution in [0.5, 0.6) is 0 Å². The molecule has 0 aromatic heterocycles. The number of nitrogens with zero attached hydrogens (tertiary/aromatic N) is 1. The molecule has 0 bridgehead atoms. The van der Waals surface area contributed by atoms with Crippen LogP contribution in [0.1, 0.15) is 25.0 Å². The van der Waals surface area contributed by atoms with Gasteiger partial charge in [0.1, 0.15) is 11.9 Å². The summed E-state index contributed by atoms with van der Waals surface area (Å²) in [7, 11) is 0. The Morgan fingerprint density at radius 3 is 2.43 bits per heavy atom. The lowest BCUT2D eigenvalue weighted by Gasteiger charge is -2.29. The number of amides is 2. The van der Waals surface area contributed by atoms with Crippen molar-refractivity contribution in [1.82, 2.24) is 10.2 Å². The van der Waals surface area contributed by atoms with Crippen molar-refractivity contribution in [2.45, 2.75) is 32.2 Å². The summed E-state index contributed by atoms with van der Waals surface area (Å²) in [6.45, 7) is 4.24. The van der Waals surface area contributed by atoms with Crippen LogP contribution >= 0.6 is 23.4 Å². The molecule has 0 aliphatic carbocycles. The molecule has 0 radical (unpaired) electrons. The van der Waals surface area contributed by atoms with Gasteiger partial charge in [-0.15, -0.1) is 11.8 Å². The highest BCUT2D eigenvalue weighted by atomic mass is 35.5. The Bertz CT molecular complexity index is 818. The first-order chi connectivity index (χ1) is 13.4. The van der Waals surface area contributed by atoms with Crippen LogP contribution in [0.2, 0.25) is 5.02 Å². The number of nitrogens with one attached hydrogen (secondary N) is 1. The van der Waals surface area contributed by atoms with Crippen molar-refractivity contribution in [1.29, 1.82) is 0 Å². The topological polar surface area (TPSA) is 49.4 Å². The number of rotatable bonds is 9. The minimum Gasteiger partial charge on any atom is -0.355 e. The first-order valence-electron chi connectivity index (χ1n) is 9.05. The van der Waals surface area contributed by atoms with Gasteiger partial charge in [0.2, 0.25) is 11.8 Å². The Kier molecular flexibility index (Phi) is 8.80. The van der Waals surface area contributed by atoms with Gasteiger partial charge in [0.15, 0.2) is 0 Å². The minimum atomic E-state index is -0.641. The van der Waals surface area contributed by atoms with E-state index in [1.54, 1.807) is 31.2 Å². The molecule has 0 aliphatic rings. The van der Waals surface area contributed by atoms with Crippen LogP contribution in [0.3, 0.4) is 0 Å². The highest BCUT2D eigenvalue weighted by Crippen LogP contribution is 2.21. The molecule has 7 heteroatoms. The smallest absolute Gasteiger partial charge is 0.242 e. The van der Waals surface area contributed by atoms with E-state index in [4.69, 9.17) is 11.6 Å². The number of carbonyl (C=O) groups is 2. The van der Waals surface area contributed by atoms with Gasteiger partial charge in [-0.1, -0.05) is 48.0 Å². The van der Waals surface area contributed by atoms with Crippen LogP contribution in [-0.4, -0.2) is 35.1 Å². The minimum absolute atomic E-state index is 0.141.